The van der Waals surface area contributed by atoms with Gasteiger partial charge in [0.05, 0.1) is 28.7 Å². The minimum absolute atomic E-state index is 0.162. The highest BCUT2D eigenvalue weighted by atomic mass is 35.5. The van der Waals surface area contributed by atoms with E-state index in [0.717, 1.165) is 16.8 Å². The number of aromatic nitrogens is 1. The molecule has 1 aliphatic heterocycles. The number of hydrogen-bond donors (Lipinski definition) is 2. The molecule has 1 saturated heterocycles. The summed E-state index contributed by atoms with van der Waals surface area (Å²) in [4.78, 5) is 29.6. The largest absolute Gasteiger partial charge is 0.361 e. The Bertz CT molecular complexity index is 1030. The van der Waals surface area contributed by atoms with Crippen molar-refractivity contribution in [2.45, 2.75) is 18.9 Å². The molecule has 7 heteroatoms. The van der Waals surface area contributed by atoms with Crippen molar-refractivity contribution >= 4 is 51.6 Å². The van der Waals surface area contributed by atoms with Crippen molar-refractivity contribution in [3.63, 3.8) is 0 Å². The van der Waals surface area contributed by atoms with Crippen molar-refractivity contribution in [3.8, 4) is 0 Å². The Morgan fingerprint density at radius 1 is 1.11 bits per heavy atom. The third kappa shape index (κ3) is 3.34. The molecule has 3 aromatic rings. The van der Waals surface area contributed by atoms with Crippen LogP contribution in [0, 0.1) is 0 Å². The van der Waals surface area contributed by atoms with Crippen molar-refractivity contribution in [2.24, 2.45) is 0 Å². The zero-order valence-electron chi connectivity index (χ0n) is 14.4. The Kier molecular flexibility index (Phi) is 4.91. The number of carbonyl (C=O) groups is 2. The summed E-state index contributed by atoms with van der Waals surface area (Å²) in [6, 6.07) is 12.6. The molecule has 5 nitrogen and oxygen atoms in total. The topological polar surface area (TPSA) is 69.8 Å². The first kappa shape index (κ1) is 18.0. The number of nitrogens with one attached hydrogen (secondary N) is 1. The van der Waals surface area contributed by atoms with Crippen molar-refractivity contribution in [1.82, 2.24) is 4.98 Å². The van der Waals surface area contributed by atoms with Gasteiger partial charge in [0.15, 0.2) is 6.04 Å². The van der Waals surface area contributed by atoms with E-state index in [9.17, 15) is 9.59 Å². The zero-order chi connectivity index (χ0) is 19.0. The average molecular weight is 403 g/mol. The highest BCUT2D eigenvalue weighted by molar-refractivity contribution is 6.44. The maximum Gasteiger partial charge on any atom is 0.292 e. The van der Waals surface area contributed by atoms with Gasteiger partial charge in [-0.05, 0) is 23.8 Å². The van der Waals surface area contributed by atoms with E-state index in [-0.39, 0.29) is 23.3 Å². The summed E-state index contributed by atoms with van der Waals surface area (Å²) in [7, 11) is 0. The molecule has 0 bridgehead atoms. The van der Waals surface area contributed by atoms with E-state index in [1.165, 1.54) is 10.9 Å². The second-order valence-corrected chi connectivity index (χ2v) is 7.37. The zero-order valence-corrected chi connectivity index (χ0v) is 15.9. The number of nitrogens with two attached hydrogens (primary N) is 1. The molecule has 2 amide bonds. The molecule has 1 fully saturated rings. The van der Waals surface area contributed by atoms with E-state index in [4.69, 9.17) is 23.2 Å². The normalized spacial score (nSPS) is 17.3. The van der Waals surface area contributed by atoms with E-state index >= 15 is 0 Å². The van der Waals surface area contributed by atoms with Gasteiger partial charge >= 0.3 is 0 Å². The summed E-state index contributed by atoms with van der Waals surface area (Å²) in [5.74, 6) is -0.499. The van der Waals surface area contributed by atoms with Crippen LogP contribution in [0.3, 0.4) is 0 Å². The van der Waals surface area contributed by atoms with E-state index in [2.05, 4.69) is 11.1 Å². The molecule has 2 aromatic carbocycles. The summed E-state index contributed by atoms with van der Waals surface area (Å²) in [5, 5.41) is 3.66. The number of amides is 2. The SMILES string of the molecule is O=C1C[C@H]([NH2+]CCc2c[nH]c3ccccc23)C(=O)N1c1cccc(Cl)c1Cl. The maximum absolute atomic E-state index is 12.8. The van der Waals surface area contributed by atoms with Gasteiger partial charge in [0, 0.05) is 23.5 Å². The lowest BCUT2D eigenvalue weighted by molar-refractivity contribution is -0.674. The third-order valence-electron chi connectivity index (χ3n) is 4.89. The number of para-hydroxylation sites is 1. The molecule has 138 valence electrons. The van der Waals surface area contributed by atoms with Gasteiger partial charge in [-0.25, -0.2) is 4.90 Å². The van der Waals surface area contributed by atoms with Crippen LogP contribution in [0.1, 0.15) is 12.0 Å². The molecule has 0 aliphatic carbocycles. The van der Waals surface area contributed by atoms with Gasteiger partial charge in [0.2, 0.25) is 5.91 Å². The van der Waals surface area contributed by atoms with Gasteiger partial charge in [0.25, 0.3) is 5.91 Å². The Balaban J connectivity index is 1.44. The predicted octanol–water partition coefficient (Wildman–Crippen LogP) is 2.91. The van der Waals surface area contributed by atoms with Crippen LogP contribution in [0.5, 0.6) is 0 Å². The van der Waals surface area contributed by atoms with Crippen LogP contribution in [0.15, 0.2) is 48.7 Å². The number of imide groups is 1. The van der Waals surface area contributed by atoms with Crippen LogP contribution in [0.4, 0.5) is 5.69 Å². The highest BCUT2D eigenvalue weighted by Crippen LogP contribution is 2.34. The van der Waals surface area contributed by atoms with E-state index in [0.29, 0.717) is 17.3 Å². The van der Waals surface area contributed by atoms with Crippen LogP contribution in [0.25, 0.3) is 10.9 Å². The molecule has 0 radical (unpaired) electrons. The second-order valence-electron chi connectivity index (χ2n) is 6.58. The first-order valence-corrected chi connectivity index (χ1v) is 9.51. The lowest BCUT2D eigenvalue weighted by Crippen LogP contribution is -2.92. The number of quaternary nitrogens is 1. The Hall–Kier alpha value is -2.34. The van der Waals surface area contributed by atoms with Gasteiger partial charge < -0.3 is 10.3 Å². The number of aromatic amines is 1. The van der Waals surface area contributed by atoms with Crippen LogP contribution < -0.4 is 10.2 Å². The quantitative estimate of drug-likeness (QED) is 0.644. The maximum atomic E-state index is 12.8. The molecular weight excluding hydrogens is 385 g/mol. The third-order valence-corrected chi connectivity index (χ3v) is 5.70. The summed E-state index contributed by atoms with van der Waals surface area (Å²) >= 11 is 12.2. The molecule has 1 atom stereocenters. The molecule has 0 saturated carbocycles. The summed E-state index contributed by atoms with van der Waals surface area (Å²) in [5.41, 5.74) is 2.65. The lowest BCUT2D eigenvalue weighted by atomic mass is 10.1. The van der Waals surface area contributed by atoms with Gasteiger partial charge in [-0.2, -0.15) is 0 Å². The molecule has 0 unspecified atom stereocenters. The number of carbonyl (C=O) groups excluding carboxylic acids is 2. The number of benzene rings is 2. The predicted molar refractivity (Wildman–Crippen MR) is 106 cm³/mol. The fourth-order valence-electron chi connectivity index (χ4n) is 3.54. The number of halogens is 2. The number of fused-ring (bicyclic) bond motifs is 1. The number of rotatable bonds is 5. The van der Waals surface area contributed by atoms with Crippen molar-refractivity contribution in [1.29, 1.82) is 0 Å². The van der Waals surface area contributed by atoms with Gasteiger partial charge in [-0.3, -0.25) is 9.59 Å². The summed E-state index contributed by atoms with van der Waals surface area (Å²) in [6.45, 7) is 0.711. The van der Waals surface area contributed by atoms with Crippen molar-refractivity contribution in [3.05, 3.63) is 64.3 Å². The lowest BCUT2D eigenvalue weighted by Gasteiger charge is -2.16. The molecular formula is C20H18Cl2N3O2+. The fourth-order valence-corrected chi connectivity index (χ4v) is 3.92. The first-order chi connectivity index (χ1) is 13.1. The molecule has 1 aliphatic rings. The molecule has 27 heavy (non-hydrogen) atoms. The number of anilines is 1. The van der Waals surface area contributed by atoms with Crippen LogP contribution >= 0.6 is 23.2 Å². The molecule has 2 heterocycles. The minimum atomic E-state index is -0.433. The molecule has 3 N–H and O–H groups in total. The Morgan fingerprint density at radius 3 is 2.78 bits per heavy atom. The van der Waals surface area contributed by atoms with Gasteiger partial charge in [0.1, 0.15) is 0 Å². The second kappa shape index (κ2) is 7.35. The van der Waals surface area contributed by atoms with Gasteiger partial charge in [-0.1, -0.05) is 47.5 Å². The molecule has 0 spiro atoms. The fraction of sp³-hybridized carbons (Fsp3) is 0.200. The standard InChI is InChI=1S/C20H17Cl2N3O2/c21-14-5-3-7-17(19(14)22)25-18(26)10-16(20(25)27)23-9-8-12-11-24-15-6-2-1-4-13(12)15/h1-7,11,16,23-24H,8-10H2/p+1/t16-/m0/s1. The van der Waals surface area contributed by atoms with Gasteiger partial charge in [-0.15, -0.1) is 0 Å². The highest BCUT2D eigenvalue weighted by Gasteiger charge is 2.43. The smallest absolute Gasteiger partial charge is 0.292 e. The van der Waals surface area contributed by atoms with Crippen LogP contribution in [-0.2, 0) is 16.0 Å². The van der Waals surface area contributed by atoms with Crippen LogP contribution in [-0.4, -0.2) is 29.4 Å². The van der Waals surface area contributed by atoms with Crippen LogP contribution in [0.2, 0.25) is 10.0 Å². The van der Waals surface area contributed by atoms with E-state index in [1.807, 2.05) is 29.7 Å². The number of hydrogen-bond acceptors (Lipinski definition) is 2. The molecule has 4 rings (SSSR count). The summed E-state index contributed by atoms with van der Waals surface area (Å²) < 4.78 is 0. The molecule has 1 aromatic heterocycles. The summed E-state index contributed by atoms with van der Waals surface area (Å²) in [6.07, 6.45) is 2.97. The number of H-pyrrole nitrogens is 1. The number of nitrogens with zero attached hydrogens (tertiary/aromatic N) is 1. The van der Waals surface area contributed by atoms with Crippen molar-refractivity contribution < 1.29 is 14.9 Å². The Morgan fingerprint density at radius 2 is 1.93 bits per heavy atom. The monoisotopic (exact) mass is 402 g/mol. The average Bonchev–Trinajstić information content (AvgIpc) is 3.19. The Labute approximate surface area is 166 Å². The van der Waals surface area contributed by atoms with E-state index in [1.54, 1.807) is 18.2 Å². The first-order valence-electron chi connectivity index (χ1n) is 8.75. The minimum Gasteiger partial charge on any atom is -0.361 e. The van der Waals surface area contributed by atoms with E-state index < -0.39 is 6.04 Å². The van der Waals surface area contributed by atoms with Crippen molar-refractivity contribution in [2.75, 3.05) is 11.4 Å².